The van der Waals surface area contributed by atoms with Gasteiger partial charge >= 0.3 is 0 Å². The van der Waals surface area contributed by atoms with E-state index in [1.54, 1.807) is 0 Å². The van der Waals surface area contributed by atoms with Crippen LogP contribution < -0.4 is 5.73 Å². The Balaban J connectivity index is 1.99. The fourth-order valence-electron chi connectivity index (χ4n) is 2.43. The maximum Gasteiger partial charge on any atom is 0.276 e. The molecule has 0 spiro atoms. The highest BCUT2D eigenvalue weighted by Gasteiger charge is 2.27. The molecule has 0 atom stereocenters. The highest BCUT2D eigenvalue weighted by molar-refractivity contribution is 5.97. The van der Waals surface area contributed by atoms with E-state index in [2.05, 4.69) is 10.2 Å². The number of nitrogens with two attached hydrogens (primary N) is 1. The molecule has 0 saturated carbocycles. The Morgan fingerprint density at radius 1 is 1.47 bits per heavy atom. The summed E-state index contributed by atoms with van der Waals surface area (Å²) in [7, 11) is 0. The zero-order chi connectivity index (χ0) is 13.8. The second kappa shape index (κ2) is 6.06. The third-order valence-corrected chi connectivity index (χ3v) is 3.57. The number of ether oxygens (including phenoxy) is 1. The van der Waals surface area contributed by atoms with Gasteiger partial charge in [0.05, 0.1) is 17.5 Å². The lowest BCUT2D eigenvalue weighted by atomic mass is 10.1. The molecule has 1 saturated heterocycles. The third kappa shape index (κ3) is 2.89. The van der Waals surface area contributed by atoms with Crippen molar-refractivity contribution in [1.82, 2.24) is 15.1 Å². The molecule has 6 heteroatoms. The number of nitrogens with one attached hydrogen (secondary N) is 1. The highest BCUT2D eigenvalue weighted by atomic mass is 16.5. The van der Waals surface area contributed by atoms with Crippen LogP contribution in [0.2, 0.25) is 0 Å². The minimum atomic E-state index is -0.0802. The zero-order valence-corrected chi connectivity index (χ0v) is 11.6. The summed E-state index contributed by atoms with van der Waals surface area (Å²) >= 11 is 0. The van der Waals surface area contributed by atoms with E-state index in [1.165, 1.54) is 0 Å². The molecule has 1 aromatic rings. The number of rotatable bonds is 4. The SMILES string of the molecule is CCOC1CCN(C(=O)c2n[nH]c(CC)c2N)CC1. The van der Waals surface area contributed by atoms with Crippen LogP contribution in [-0.4, -0.2) is 46.8 Å². The van der Waals surface area contributed by atoms with Crippen molar-refractivity contribution in [2.75, 3.05) is 25.4 Å². The van der Waals surface area contributed by atoms with Crippen molar-refractivity contribution in [1.29, 1.82) is 0 Å². The second-order valence-electron chi connectivity index (χ2n) is 4.76. The molecule has 1 aliphatic rings. The second-order valence-corrected chi connectivity index (χ2v) is 4.76. The molecule has 0 aliphatic carbocycles. The molecular weight excluding hydrogens is 244 g/mol. The first-order valence-electron chi connectivity index (χ1n) is 6.90. The predicted molar refractivity (Wildman–Crippen MR) is 72.9 cm³/mol. The maximum atomic E-state index is 12.3. The Hall–Kier alpha value is -1.56. The van der Waals surface area contributed by atoms with E-state index in [4.69, 9.17) is 10.5 Å². The number of amides is 1. The molecule has 0 bridgehead atoms. The molecule has 2 heterocycles. The number of piperidine rings is 1. The van der Waals surface area contributed by atoms with Crippen molar-refractivity contribution < 1.29 is 9.53 Å². The molecule has 1 amide bonds. The minimum Gasteiger partial charge on any atom is -0.395 e. The third-order valence-electron chi connectivity index (χ3n) is 3.57. The first kappa shape index (κ1) is 13.9. The molecule has 6 nitrogen and oxygen atoms in total. The molecule has 0 radical (unpaired) electrons. The number of aryl methyl sites for hydroxylation is 1. The van der Waals surface area contributed by atoms with Crippen LogP contribution in [-0.2, 0) is 11.2 Å². The van der Waals surface area contributed by atoms with Crippen LogP contribution in [0.1, 0.15) is 42.9 Å². The Bertz CT molecular complexity index is 436. The molecule has 2 rings (SSSR count). The molecule has 1 aromatic heterocycles. The zero-order valence-electron chi connectivity index (χ0n) is 11.6. The predicted octanol–water partition coefficient (Wildman–Crippen LogP) is 1.20. The van der Waals surface area contributed by atoms with Crippen molar-refractivity contribution in [3.05, 3.63) is 11.4 Å². The monoisotopic (exact) mass is 266 g/mol. The fourth-order valence-corrected chi connectivity index (χ4v) is 2.43. The number of carbonyl (C=O) groups excluding carboxylic acids is 1. The van der Waals surface area contributed by atoms with E-state index in [-0.39, 0.29) is 12.0 Å². The van der Waals surface area contributed by atoms with Crippen molar-refractivity contribution in [3.63, 3.8) is 0 Å². The standard InChI is InChI=1S/C13H22N4O2/c1-3-10-11(14)12(16-15-10)13(18)17-7-5-9(6-8-17)19-4-2/h9H,3-8,14H2,1-2H3,(H,15,16). The summed E-state index contributed by atoms with van der Waals surface area (Å²) in [6.45, 7) is 6.11. The maximum absolute atomic E-state index is 12.3. The number of likely N-dealkylation sites (tertiary alicyclic amines) is 1. The molecule has 106 valence electrons. The molecule has 0 aromatic carbocycles. The van der Waals surface area contributed by atoms with Gasteiger partial charge in [0.15, 0.2) is 5.69 Å². The average Bonchev–Trinajstić information content (AvgIpc) is 2.80. The Morgan fingerprint density at radius 2 is 2.16 bits per heavy atom. The van der Waals surface area contributed by atoms with Gasteiger partial charge in [-0.05, 0) is 26.2 Å². The Morgan fingerprint density at radius 3 is 2.68 bits per heavy atom. The van der Waals surface area contributed by atoms with Crippen molar-refractivity contribution >= 4 is 11.6 Å². The lowest BCUT2D eigenvalue weighted by Gasteiger charge is -2.31. The Kier molecular flexibility index (Phi) is 4.42. The number of hydrogen-bond acceptors (Lipinski definition) is 4. The van der Waals surface area contributed by atoms with Gasteiger partial charge in [0.1, 0.15) is 0 Å². The van der Waals surface area contributed by atoms with Crippen molar-refractivity contribution in [2.45, 2.75) is 39.2 Å². The minimum absolute atomic E-state index is 0.0802. The smallest absolute Gasteiger partial charge is 0.276 e. The number of anilines is 1. The summed E-state index contributed by atoms with van der Waals surface area (Å²) in [6.07, 6.45) is 2.78. The van der Waals surface area contributed by atoms with Gasteiger partial charge in [0, 0.05) is 19.7 Å². The van der Waals surface area contributed by atoms with E-state index < -0.39 is 0 Å². The van der Waals surface area contributed by atoms with Crippen LogP contribution >= 0.6 is 0 Å². The van der Waals surface area contributed by atoms with Gasteiger partial charge in [-0.25, -0.2) is 0 Å². The average molecular weight is 266 g/mol. The molecule has 19 heavy (non-hydrogen) atoms. The molecule has 0 unspecified atom stereocenters. The van der Waals surface area contributed by atoms with Gasteiger partial charge in [0.2, 0.25) is 0 Å². The van der Waals surface area contributed by atoms with Gasteiger partial charge in [-0.15, -0.1) is 0 Å². The normalized spacial score (nSPS) is 16.8. The molecule has 3 N–H and O–H groups in total. The lowest BCUT2D eigenvalue weighted by Crippen LogP contribution is -2.41. The molecule has 1 aliphatic heterocycles. The summed E-state index contributed by atoms with van der Waals surface area (Å²) in [4.78, 5) is 14.1. The van der Waals surface area contributed by atoms with E-state index in [0.717, 1.165) is 31.6 Å². The van der Waals surface area contributed by atoms with Gasteiger partial charge in [0.25, 0.3) is 5.91 Å². The number of aromatic nitrogens is 2. The van der Waals surface area contributed by atoms with Crippen LogP contribution in [0.15, 0.2) is 0 Å². The topological polar surface area (TPSA) is 84.2 Å². The van der Waals surface area contributed by atoms with E-state index in [1.807, 2.05) is 18.7 Å². The van der Waals surface area contributed by atoms with Crippen LogP contribution in [0, 0.1) is 0 Å². The van der Waals surface area contributed by atoms with E-state index in [9.17, 15) is 4.79 Å². The van der Waals surface area contributed by atoms with Crippen LogP contribution in [0.5, 0.6) is 0 Å². The van der Waals surface area contributed by atoms with Crippen LogP contribution in [0.4, 0.5) is 5.69 Å². The van der Waals surface area contributed by atoms with Gasteiger partial charge in [-0.3, -0.25) is 9.89 Å². The number of nitrogen functional groups attached to an aromatic ring is 1. The molecule has 1 fully saturated rings. The van der Waals surface area contributed by atoms with E-state index in [0.29, 0.717) is 24.5 Å². The first-order chi connectivity index (χ1) is 9.17. The van der Waals surface area contributed by atoms with Crippen LogP contribution in [0.3, 0.4) is 0 Å². The summed E-state index contributed by atoms with van der Waals surface area (Å²) < 4.78 is 5.58. The summed E-state index contributed by atoms with van der Waals surface area (Å²) in [5.74, 6) is -0.0802. The largest absolute Gasteiger partial charge is 0.395 e. The number of nitrogens with zero attached hydrogens (tertiary/aromatic N) is 2. The number of hydrogen-bond donors (Lipinski definition) is 2. The first-order valence-corrected chi connectivity index (χ1v) is 6.90. The van der Waals surface area contributed by atoms with Crippen LogP contribution in [0.25, 0.3) is 0 Å². The number of aromatic amines is 1. The van der Waals surface area contributed by atoms with Gasteiger partial charge in [-0.1, -0.05) is 6.92 Å². The summed E-state index contributed by atoms with van der Waals surface area (Å²) in [5, 5.41) is 6.87. The number of H-pyrrole nitrogens is 1. The molecular formula is C13H22N4O2. The van der Waals surface area contributed by atoms with Gasteiger partial charge in [-0.2, -0.15) is 5.10 Å². The summed E-state index contributed by atoms with van der Waals surface area (Å²) in [6, 6.07) is 0. The fraction of sp³-hybridized carbons (Fsp3) is 0.692. The number of carbonyl (C=O) groups is 1. The summed E-state index contributed by atoms with van der Waals surface area (Å²) in [5.41, 5.74) is 7.60. The van der Waals surface area contributed by atoms with E-state index >= 15 is 0 Å². The van der Waals surface area contributed by atoms with Crippen molar-refractivity contribution in [2.24, 2.45) is 0 Å². The Labute approximate surface area is 113 Å². The van der Waals surface area contributed by atoms with Gasteiger partial charge < -0.3 is 15.4 Å². The quantitative estimate of drug-likeness (QED) is 0.857. The van der Waals surface area contributed by atoms with Crippen molar-refractivity contribution in [3.8, 4) is 0 Å². The highest BCUT2D eigenvalue weighted by Crippen LogP contribution is 2.20. The lowest BCUT2D eigenvalue weighted by molar-refractivity contribution is 0.0144.